The summed E-state index contributed by atoms with van der Waals surface area (Å²) in [6, 6.07) is 4.27. The van der Waals surface area contributed by atoms with E-state index < -0.39 is 4.92 Å². The summed E-state index contributed by atoms with van der Waals surface area (Å²) in [6.07, 6.45) is 4.06. The first-order valence-electron chi connectivity index (χ1n) is 7.21. The molecular formula is C15H21N3O3. The Morgan fingerprint density at radius 3 is 2.52 bits per heavy atom. The van der Waals surface area contributed by atoms with E-state index in [1.165, 1.54) is 18.2 Å². The normalized spacial score (nSPS) is 21.8. The van der Waals surface area contributed by atoms with Crippen LogP contribution in [0.5, 0.6) is 0 Å². The van der Waals surface area contributed by atoms with Crippen molar-refractivity contribution in [1.29, 1.82) is 0 Å². The number of anilines is 1. The van der Waals surface area contributed by atoms with E-state index in [0.29, 0.717) is 11.6 Å². The van der Waals surface area contributed by atoms with Crippen LogP contribution in [-0.2, 0) is 0 Å². The zero-order valence-corrected chi connectivity index (χ0v) is 12.4. The third kappa shape index (κ3) is 3.32. The van der Waals surface area contributed by atoms with Crippen molar-refractivity contribution in [2.75, 3.05) is 12.8 Å². The molecule has 1 aromatic rings. The van der Waals surface area contributed by atoms with Crippen LogP contribution < -0.4 is 5.73 Å². The molecule has 0 radical (unpaired) electrons. The maximum Gasteiger partial charge on any atom is 0.282 e. The quantitative estimate of drug-likeness (QED) is 0.527. The average molecular weight is 291 g/mol. The maximum atomic E-state index is 12.6. The van der Waals surface area contributed by atoms with Crippen LogP contribution in [0.2, 0.25) is 0 Å². The molecule has 1 aliphatic rings. The monoisotopic (exact) mass is 291 g/mol. The number of benzene rings is 1. The Bertz CT molecular complexity index is 551. The van der Waals surface area contributed by atoms with Gasteiger partial charge in [0.15, 0.2) is 0 Å². The van der Waals surface area contributed by atoms with E-state index in [0.717, 1.165) is 25.7 Å². The largest absolute Gasteiger partial charge is 0.399 e. The molecule has 114 valence electrons. The van der Waals surface area contributed by atoms with Crippen LogP contribution in [0.3, 0.4) is 0 Å². The van der Waals surface area contributed by atoms with Crippen molar-refractivity contribution in [2.24, 2.45) is 5.92 Å². The third-order valence-electron chi connectivity index (χ3n) is 4.30. The summed E-state index contributed by atoms with van der Waals surface area (Å²) < 4.78 is 0. The molecule has 1 saturated carbocycles. The lowest BCUT2D eigenvalue weighted by atomic mass is 9.86. The Hall–Kier alpha value is -2.11. The van der Waals surface area contributed by atoms with Gasteiger partial charge in [0, 0.05) is 24.8 Å². The van der Waals surface area contributed by atoms with Gasteiger partial charge in [0.2, 0.25) is 0 Å². The summed E-state index contributed by atoms with van der Waals surface area (Å²) in [6.45, 7) is 2.21. The molecule has 21 heavy (non-hydrogen) atoms. The third-order valence-corrected chi connectivity index (χ3v) is 4.30. The number of nitro benzene ring substituents is 1. The number of hydrogen-bond donors (Lipinski definition) is 1. The van der Waals surface area contributed by atoms with Crippen LogP contribution in [-0.4, -0.2) is 28.8 Å². The highest BCUT2D eigenvalue weighted by Gasteiger charge is 2.29. The van der Waals surface area contributed by atoms with Gasteiger partial charge in [-0.1, -0.05) is 6.92 Å². The van der Waals surface area contributed by atoms with Crippen molar-refractivity contribution < 1.29 is 9.72 Å². The number of carbonyl (C=O) groups is 1. The Morgan fingerprint density at radius 1 is 1.33 bits per heavy atom. The lowest BCUT2D eigenvalue weighted by Gasteiger charge is -2.33. The van der Waals surface area contributed by atoms with Gasteiger partial charge in [0.1, 0.15) is 5.56 Å². The number of rotatable bonds is 3. The molecule has 0 spiro atoms. The molecule has 6 heteroatoms. The summed E-state index contributed by atoms with van der Waals surface area (Å²) in [5.41, 5.74) is 5.91. The van der Waals surface area contributed by atoms with Crippen molar-refractivity contribution in [2.45, 2.75) is 38.6 Å². The van der Waals surface area contributed by atoms with E-state index >= 15 is 0 Å². The summed E-state index contributed by atoms with van der Waals surface area (Å²) >= 11 is 0. The zero-order chi connectivity index (χ0) is 15.6. The SMILES string of the molecule is CC1CCC(N(C)C(=O)c2cc(N)ccc2[N+](=O)[O-])CC1. The molecule has 0 aliphatic heterocycles. The highest BCUT2D eigenvalue weighted by Crippen LogP contribution is 2.29. The topological polar surface area (TPSA) is 89.5 Å². The van der Waals surface area contributed by atoms with Gasteiger partial charge in [0.25, 0.3) is 11.6 Å². The van der Waals surface area contributed by atoms with Gasteiger partial charge in [-0.3, -0.25) is 14.9 Å². The molecule has 0 saturated heterocycles. The van der Waals surface area contributed by atoms with Crippen LogP contribution in [0.15, 0.2) is 18.2 Å². The number of nitrogen functional groups attached to an aromatic ring is 1. The van der Waals surface area contributed by atoms with E-state index in [9.17, 15) is 14.9 Å². The molecule has 1 aromatic carbocycles. The van der Waals surface area contributed by atoms with Crippen LogP contribution in [0.25, 0.3) is 0 Å². The first-order valence-corrected chi connectivity index (χ1v) is 7.21. The number of nitro groups is 1. The predicted octanol–water partition coefficient (Wildman–Crippen LogP) is 2.83. The number of carbonyl (C=O) groups excluding carboxylic acids is 1. The zero-order valence-electron chi connectivity index (χ0n) is 12.4. The summed E-state index contributed by atoms with van der Waals surface area (Å²) in [5, 5.41) is 11.1. The molecule has 0 aromatic heterocycles. The smallest absolute Gasteiger partial charge is 0.282 e. The number of nitrogens with two attached hydrogens (primary N) is 1. The molecule has 0 heterocycles. The first kappa shape index (κ1) is 15.3. The summed E-state index contributed by atoms with van der Waals surface area (Å²) in [4.78, 5) is 24.7. The summed E-state index contributed by atoms with van der Waals surface area (Å²) in [7, 11) is 1.72. The van der Waals surface area contributed by atoms with Crippen molar-refractivity contribution in [3.05, 3.63) is 33.9 Å². The Morgan fingerprint density at radius 2 is 1.95 bits per heavy atom. The van der Waals surface area contributed by atoms with Crippen LogP contribution >= 0.6 is 0 Å². The van der Waals surface area contributed by atoms with Crippen molar-refractivity contribution >= 4 is 17.3 Å². The molecule has 0 atom stereocenters. The van der Waals surface area contributed by atoms with Crippen molar-refractivity contribution in [3.8, 4) is 0 Å². The fourth-order valence-corrected chi connectivity index (χ4v) is 2.87. The molecule has 1 aliphatic carbocycles. The van der Waals surface area contributed by atoms with Crippen LogP contribution in [0, 0.1) is 16.0 Å². The second kappa shape index (κ2) is 6.11. The lowest BCUT2D eigenvalue weighted by Crippen LogP contribution is -2.39. The number of nitrogens with zero attached hydrogens (tertiary/aromatic N) is 2. The Kier molecular flexibility index (Phi) is 4.45. The van der Waals surface area contributed by atoms with Crippen LogP contribution in [0.1, 0.15) is 43.0 Å². The second-order valence-electron chi connectivity index (χ2n) is 5.86. The Balaban J connectivity index is 2.23. The fourth-order valence-electron chi connectivity index (χ4n) is 2.87. The molecule has 0 unspecified atom stereocenters. The molecule has 1 amide bonds. The molecular weight excluding hydrogens is 270 g/mol. The standard InChI is InChI=1S/C15H21N3O3/c1-10-3-6-12(7-4-10)17(2)15(19)13-9-11(16)5-8-14(13)18(20)21/h5,8-10,12H,3-4,6-7,16H2,1-2H3. The fraction of sp³-hybridized carbons (Fsp3) is 0.533. The molecule has 2 rings (SSSR count). The average Bonchev–Trinajstić information content (AvgIpc) is 2.46. The van der Waals surface area contributed by atoms with Gasteiger partial charge in [-0.2, -0.15) is 0 Å². The van der Waals surface area contributed by atoms with Gasteiger partial charge in [-0.15, -0.1) is 0 Å². The van der Waals surface area contributed by atoms with Gasteiger partial charge in [0.05, 0.1) is 4.92 Å². The minimum Gasteiger partial charge on any atom is -0.399 e. The van der Waals surface area contributed by atoms with E-state index in [1.807, 2.05) is 0 Å². The number of hydrogen-bond acceptors (Lipinski definition) is 4. The van der Waals surface area contributed by atoms with Gasteiger partial charge < -0.3 is 10.6 Å². The van der Waals surface area contributed by atoms with E-state index in [4.69, 9.17) is 5.73 Å². The predicted molar refractivity (Wildman–Crippen MR) is 81.0 cm³/mol. The van der Waals surface area contributed by atoms with E-state index in [2.05, 4.69) is 6.92 Å². The minimum absolute atomic E-state index is 0.0705. The highest BCUT2D eigenvalue weighted by atomic mass is 16.6. The highest BCUT2D eigenvalue weighted by molar-refractivity contribution is 5.99. The van der Waals surface area contributed by atoms with Gasteiger partial charge in [-0.25, -0.2) is 0 Å². The molecule has 1 fully saturated rings. The summed E-state index contributed by atoms with van der Waals surface area (Å²) in [5.74, 6) is 0.361. The molecule has 2 N–H and O–H groups in total. The number of amides is 1. The van der Waals surface area contributed by atoms with E-state index in [1.54, 1.807) is 11.9 Å². The molecule has 0 bridgehead atoms. The Labute approximate surface area is 124 Å². The first-order chi connectivity index (χ1) is 9.90. The maximum absolute atomic E-state index is 12.6. The van der Waals surface area contributed by atoms with E-state index in [-0.39, 0.29) is 23.2 Å². The van der Waals surface area contributed by atoms with Crippen molar-refractivity contribution in [1.82, 2.24) is 4.90 Å². The lowest BCUT2D eigenvalue weighted by molar-refractivity contribution is -0.385. The van der Waals surface area contributed by atoms with Gasteiger partial charge in [-0.05, 0) is 43.7 Å². The molecule has 6 nitrogen and oxygen atoms in total. The van der Waals surface area contributed by atoms with Gasteiger partial charge >= 0.3 is 0 Å². The minimum atomic E-state index is -0.538. The van der Waals surface area contributed by atoms with Crippen molar-refractivity contribution in [3.63, 3.8) is 0 Å². The second-order valence-corrected chi connectivity index (χ2v) is 5.86. The van der Waals surface area contributed by atoms with Crippen LogP contribution in [0.4, 0.5) is 11.4 Å².